The zero-order chi connectivity index (χ0) is 16.7. The van der Waals surface area contributed by atoms with E-state index in [1.54, 1.807) is 23.0 Å². The largest absolute Gasteiger partial charge is 0.387 e. The van der Waals surface area contributed by atoms with Crippen molar-refractivity contribution in [3.63, 3.8) is 0 Å². The molecule has 1 fully saturated rings. The van der Waals surface area contributed by atoms with Gasteiger partial charge in [-0.3, -0.25) is 4.79 Å². The highest BCUT2D eigenvalue weighted by molar-refractivity contribution is 5.91. The van der Waals surface area contributed by atoms with Gasteiger partial charge in [0.2, 0.25) is 0 Å². The molecule has 7 nitrogen and oxygen atoms in total. The number of aliphatic hydroxyl groups is 1. The molecule has 1 atom stereocenters. The molecule has 0 saturated carbocycles. The highest BCUT2D eigenvalue weighted by Crippen LogP contribution is 2.16. The number of ether oxygens (including phenoxy) is 1. The summed E-state index contributed by atoms with van der Waals surface area (Å²) < 4.78 is 7.15. The van der Waals surface area contributed by atoms with Crippen LogP contribution in [-0.2, 0) is 11.3 Å². The minimum absolute atomic E-state index is 0.0997. The third-order valence-corrected chi connectivity index (χ3v) is 3.81. The van der Waals surface area contributed by atoms with Gasteiger partial charge in [-0.2, -0.15) is 0 Å². The monoisotopic (exact) mass is 320 g/mol. The Hall–Kier alpha value is -1.99. The summed E-state index contributed by atoms with van der Waals surface area (Å²) in [7, 11) is 0. The fraction of sp³-hybridized carbons (Fsp3) is 0.562. The van der Waals surface area contributed by atoms with E-state index >= 15 is 0 Å². The van der Waals surface area contributed by atoms with Crippen LogP contribution in [0, 0.1) is 0 Å². The summed E-state index contributed by atoms with van der Waals surface area (Å²) in [4.78, 5) is 12.1. The van der Waals surface area contributed by atoms with Gasteiger partial charge < -0.3 is 15.2 Å². The van der Waals surface area contributed by atoms with Crippen LogP contribution in [0.3, 0.4) is 0 Å². The third-order valence-electron chi connectivity index (χ3n) is 3.81. The summed E-state index contributed by atoms with van der Waals surface area (Å²) >= 11 is 0. The average molecular weight is 320 g/mol. The molecular formula is C16H24N4O3. The normalized spacial score (nSPS) is 17.9. The van der Waals surface area contributed by atoms with E-state index in [0.29, 0.717) is 19.4 Å². The van der Waals surface area contributed by atoms with Crippen LogP contribution in [0.15, 0.2) is 31.5 Å². The fourth-order valence-electron chi connectivity index (χ4n) is 2.59. The minimum atomic E-state index is -1.08. The van der Waals surface area contributed by atoms with Gasteiger partial charge >= 0.3 is 0 Å². The first kappa shape index (κ1) is 17.4. The Bertz CT molecular complexity index is 539. The van der Waals surface area contributed by atoms with Gasteiger partial charge in [-0.25, -0.2) is 4.68 Å². The molecule has 1 amide bonds. The van der Waals surface area contributed by atoms with Crippen molar-refractivity contribution in [2.75, 3.05) is 13.2 Å². The Morgan fingerprint density at radius 2 is 2.26 bits per heavy atom. The molecule has 1 aromatic rings. The molecule has 126 valence electrons. The molecule has 0 radical (unpaired) electrons. The highest BCUT2D eigenvalue weighted by Gasteiger charge is 2.25. The van der Waals surface area contributed by atoms with Gasteiger partial charge in [0.25, 0.3) is 5.91 Å². The van der Waals surface area contributed by atoms with Gasteiger partial charge in [0.15, 0.2) is 5.69 Å². The predicted octanol–water partition coefficient (Wildman–Crippen LogP) is 1.07. The summed E-state index contributed by atoms with van der Waals surface area (Å²) in [6, 6.07) is 0. The summed E-state index contributed by atoms with van der Waals surface area (Å²) in [6.45, 7) is 8.71. The quantitative estimate of drug-likeness (QED) is 0.664. The first-order chi connectivity index (χ1) is 11.1. The maximum Gasteiger partial charge on any atom is 0.273 e. The van der Waals surface area contributed by atoms with Crippen LogP contribution < -0.4 is 5.32 Å². The van der Waals surface area contributed by atoms with Crippen molar-refractivity contribution in [2.45, 2.75) is 43.9 Å². The van der Waals surface area contributed by atoms with E-state index in [1.165, 1.54) is 0 Å². The minimum Gasteiger partial charge on any atom is -0.387 e. The molecule has 0 aromatic carbocycles. The second kappa shape index (κ2) is 8.03. The van der Waals surface area contributed by atoms with E-state index in [4.69, 9.17) is 4.74 Å². The van der Waals surface area contributed by atoms with Crippen LogP contribution in [-0.4, -0.2) is 50.9 Å². The summed E-state index contributed by atoms with van der Waals surface area (Å²) in [5.41, 5.74) is -0.852. The molecule has 1 saturated heterocycles. The molecule has 2 heterocycles. The predicted molar refractivity (Wildman–Crippen MR) is 85.9 cm³/mol. The van der Waals surface area contributed by atoms with Gasteiger partial charge in [-0.1, -0.05) is 17.4 Å². The van der Waals surface area contributed by atoms with Gasteiger partial charge in [-0.15, -0.1) is 18.3 Å². The number of aromatic nitrogens is 3. The van der Waals surface area contributed by atoms with Crippen molar-refractivity contribution in [1.82, 2.24) is 20.3 Å². The number of nitrogens with one attached hydrogen (secondary N) is 1. The van der Waals surface area contributed by atoms with Crippen LogP contribution in [0.4, 0.5) is 0 Å². The van der Waals surface area contributed by atoms with E-state index in [0.717, 1.165) is 19.4 Å². The molecule has 1 unspecified atom stereocenters. The number of hydrogen-bond acceptors (Lipinski definition) is 5. The third kappa shape index (κ3) is 5.01. The molecule has 0 aliphatic carbocycles. The average Bonchev–Trinajstić information content (AvgIpc) is 3.18. The van der Waals surface area contributed by atoms with E-state index in [-0.39, 0.29) is 24.2 Å². The lowest BCUT2D eigenvalue weighted by molar-refractivity contribution is 0.0436. The molecule has 23 heavy (non-hydrogen) atoms. The highest BCUT2D eigenvalue weighted by atomic mass is 16.5. The lowest BCUT2D eigenvalue weighted by Gasteiger charge is -2.25. The molecular weight excluding hydrogens is 296 g/mol. The molecule has 7 heteroatoms. The maximum atomic E-state index is 12.1. The summed E-state index contributed by atoms with van der Waals surface area (Å²) in [5.74, 6) is -0.366. The Kier molecular flexibility index (Phi) is 6.06. The van der Waals surface area contributed by atoms with Crippen LogP contribution in [0.2, 0.25) is 0 Å². The Balaban J connectivity index is 1.88. The van der Waals surface area contributed by atoms with Crippen molar-refractivity contribution < 1.29 is 14.6 Å². The Morgan fingerprint density at radius 1 is 1.52 bits per heavy atom. The van der Waals surface area contributed by atoms with Crippen molar-refractivity contribution in [2.24, 2.45) is 0 Å². The van der Waals surface area contributed by atoms with Gasteiger partial charge in [0, 0.05) is 13.2 Å². The molecule has 0 spiro atoms. The SMILES string of the molecule is C=CCC(O)(CC=C)CNC(=O)c1cn(CC2CCCO2)nn1. The molecule has 2 rings (SSSR count). The number of rotatable bonds is 9. The Morgan fingerprint density at radius 3 is 2.87 bits per heavy atom. The van der Waals surface area contributed by atoms with Crippen molar-refractivity contribution in [1.29, 1.82) is 0 Å². The zero-order valence-corrected chi connectivity index (χ0v) is 13.3. The topological polar surface area (TPSA) is 89.3 Å². The fourth-order valence-corrected chi connectivity index (χ4v) is 2.59. The number of nitrogens with zero attached hydrogens (tertiary/aromatic N) is 3. The van der Waals surface area contributed by atoms with Crippen molar-refractivity contribution >= 4 is 5.91 Å². The number of carbonyl (C=O) groups is 1. The van der Waals surface area contributed by atoms with Crippen LogP contribution in [0.25, 0.3) is 0 Å². The maximum absolute atomic E-state index is 12.1. The summed E-state index contributed by atoms with van der Waals surface area (Å²) in [6.07, 6.45) is 7.75. The number of carbonyl (C=O) groups excluding carboxylic acids is 1. The zero-order valence-electron chi connectivity index (χ0n) is 13.3. The second-order valence-electron chi connectivity index (χ2n) is 5.85. The first-order valence-corrected chi connectivity index (χ1v) is 7.80. The Labute approximate surface area is 136 Å². The van der Waals surface area contributed by atoms with E-state index in [9.17, 15) is 9.90 Å². The molecule has 2 N–H and O–H groups in total. The second-order valence-corrected chi connectivity index (χ2v) is 5.85. The van der Waals surface area contributed by atoms with Crippen LogP contribution in [0.5, 0.6) is 0 Å². The molecule has 1 aromatic heterocycles. The summed E-state index contributed by atoms with van der Waals surface area (Å²) in [5, 5.41) is 20.9. The van der Waals surface area contributed by atoms with Gasteiger partial charge in [0.1, 0.15) is 0 Å². The van der Waals surface area contributed by atoms with Crippen LogP contribution >= 0.6 is 0 Å². The smallest absolute Gasteiger partial charge is 0.273 e. The molecule has 0 bridgehead atoms. The van der Waals surface area contributed by atoms with Crippen molar-refractivity contribution in [3.8, 4) is 0 Å². The van der Waals surface area contributed by atoms with Gasteiger partial charge in [0.05, 0.1) is 24.4 Å². The standard InChI is InChI=1S/C16H24N4O3/c1-3-7-16(22,8-4-2)12-17-15(21)14-11-20(19-18-14)10-13-6-5-9-23-13/h3-4,11,13,22H,1-2,5-10,12H2,(H,17,21). The molecule has 1 aliphatic rings. The molecule has 1 aliphatic heterocycles. The first-order valence-electron chi connectivity index (χ1n) is 7.80. The van der Waals surface area contributed by atoms with Gasteiger partial charge in [-0.05, 0) is 25.7 Å². The van der Waals surface area contributed by atoms with E-state index < -0.39 is 5.60 Å². The lowest BCUT2D eigenvalue weighted by Crippen LogP contribution is -2.42. The van der Waals surface area contributed by atoms with E-state index in [2.05, 4.69) is 28.8 Å². The van der Waals surface area contributed by atoms with Crippen molar-refractivity contribution in [3.05, 3.63) is 37.2 Å². The number of hydrogen-bond donors (Lipinski definition) is 2. The lowest BCUT2D eigenvalue weighted by atomic mass is 9.95. The van der Waals surface area contributed by atoms with Crippen LogP contribution in [0.1, 0.15) is 36.2 Å². The number of amides is 1. The van der Waals surface area contributed by atoms with E-state index in [1.807, 2.05) is 0 Å².